The zero-order chi connectivity index (χ0) is 9.00. The van der Waals surface area contributed by atoms with Gasteiger partial charge < -0.3 is 0 Å². The van der Waals surface area contributed by atoms with E-state index in [2.05, 4.69) is 0 Å². The van der Waals surface area contributed by atoms with Crippen LogP contribution in [0.1, 0.15) is 34.6 Å². The molecule has 0 radical (unpaired) electrons. The molecule has 0 amide bonds. The van der Waals surface area contributed by atoms with E-state index in [9.17, 15) is 13.2 Å². The largest absolute Gasteiger partial charge is 0.278 e. The second-order valence-corrected chi connectivity index (χ2v) is 2.36. The fourth-order valence-corrected chi connectivity index (χ4v) is 0. The third kappa shape index (κ3) is 4.65. The number of hydrogen-bond donors (Lipinski definition) is 0. The molecule has 0 spiro atoms. The van der Waals surface area contributed by atoms with Gasteiger partial charge in [0.1, 0.15) is 0 Å². The molecule has 0 aliphatic heterocycles. The monoisotopic (exact) mass is 156 g/mol. The maximum atomic E-state index is 12.1. The number of halogens is 3. The van der Waals surface area contributed by atoms with Gasteiger partial charge in [0, 0.05) is 6.92 Å². The first-order valence-electron chi connectivity index (χ1n) is 3.32. The average molecular weight is 156 g/mol. The minimum Gasteiger partial charge on any atom is -0.238 e. The Hall–Kier alpha value is -0.210. The van der Waals surface area contributed by atoms with Crippen molar-refractivity contribution in [2.45, 2.75) is 46.2 Å². The van der Waals surface area contributed by atoms with Crippen LogP contribution in [0, 0.1) is 0 Å². The van der Waals surface area contributed by atoms with Gasteiger partial charge in [-0.15, -0.1) is 0 Å². The highest BCUT2D eigenvalue weighted by atomic mass is 19.3. The molecule has 0 fully saturated rings. The molecule has 0 N–H and O–H groups in total. The maximum Gasteiger partial charge on any atom is 0.278 e. The first kappa shape index (κ1) is 12.5. The molecule has 0 heterocycles. The standard InChI is InChI=1S/C5H9F3.C2H6/c1-4(2,6)5(3,7)8;1-2/h1-3H3;1-2H3. The maximum absolute atomic E-state index is 12.1. The van der Waals surface area contributed by atoms with Crippen molar-refractivity contribution in [3.05, 3.63) is 0 Å². The van der Waals surface area contributed by atoms with Crippen LogP contribution in [0.5, 0.6) is 0 Å². The van der Waals surface area contributed by atoms with Crippen molar-refractivity contribution in [3.63, 3.8) is 0 Å². The lowest BCUT2D eigenvalue weighted by Crippen LogP contribution is -2.35. The predicted molar refractivity (Wildman–Crippen MR) is 37.2 cm³/mol. The summed E-state index contributed by atoms with van der Waals surface area (Å²) in [7, 11) is 0. The van der Waals surface area contributed by atoms with E-state index in [0.717, 1.165) is 13.8 Å². The minimum absolute atomic E-state index is 0.562. The highest BCUT2D eigenvalue weighted by Crippen LogP contribution is 2.30. The van der Waals surface area contributed by atoms with Gasteiger partial charge in [-0.3, -0.25) is 0 Å². The van der Waals surface area contributed by atoms with Crippen molar-refractivity contribution in [1.29, 1.82) is 0 Å². The van der Waals surface area contributed by atoms with Crippen LogP contribution >= 0.6 is 0 Å². The number of hydrogen-bond acceptors (Lipinski definition) is 0. The van der Waals surface area contributed by atoms with E-state index in [-0.39, 0.29) is 0 Å². The van der Waals surface area contributed by atoms with Crippen molar-refractivity contribution < 1.29 is 13.2 Å². The fourth-order valence-electron chi connectivity index (χ4n) is 0. The lowest BCUT2D eigenvalue weighted by molar-refractivity contribution is -0.104. The van der Waals surface area contributed by atoms with Crippen LogP contribution in [-0.4, -0.2) is 11.6 Å². The Labute approximate surface area is 60.4 Å². The molecule has 0 saturated carbocycles. The van der Waals surface area contributed by atoms with E-state index in [1.165, 1.54) is 0 Å². The molecule has 0 rings (SSSR count). The average Bonchev–Trinajstić information content (AvgIpc) is 1.66. The molecule has 0 aliphatic carbocycles. The first-order chi connectivity index (χ1) is 4.25. The molecule has 64 valence electrons. The first-order valence-corrected chi connectivity index (χ1v) is 3.32. The second-order valence-electron chi connectivity index (χ2n) is 2.36. The van der Waals surface area contributed by atoms with Crippen molar-refractivity contribution in [1.82, 2.24) is 0 Å². The summed E-state index contributed by atoms with van der Waals surface area (Å²) in [6, 6.07) is 0. The van der Waals surface area contributed by atoms with Gasteiger partial charge in [-0.2, -0.15) is 0 Å². The number of rotatable bonds is 1. The molecule has 0 aromatic carbocycles. The summed E-state index contributed by atoms with van der Waals surface area (Å²) in [5.41, 5.74) is -2.40. The Balaban J connectivity index is 0. The van der Waals surface area contributed by atoms with E-state index in [0.29, 0.717) is 6.92 Å². The Kier molecular flexibility index (Phi) is 4.78. The topological polar surface area (TPSA) is 0 Å². The van der Waals surface area contributed by atoms with E-state index < -0.39 is 11.6 Å². The fraction of sp³-hybridized carbons (Fsp3) is 1.00. The van der Waals surface area contributed by atoms with Crippen molar-refractivity contribution in [2.75, 3.05) is 0 Å². The van der Waals surface area contributed by atoms with Crippen LogP contribution in [0.3, 0.4) is 0 Å². The molecule has 0 aromatic heterocycles. The van der Waals surface area contributed by atoms with Crippen LogP contribution in [0.25, 0.3) is 0 Å². The van der Waals surface area contributed by atoms with Gasteiger partial charge in [0.15, 0.2) is 5.67 Å². The van der Waals surface area contributed by atoms with E-state index in [4.69, 9.17) is 0 Å². The Morgan fingerprint density at radius 3 is 0.900 bits per heavy atom. The van der Waals surface area contributed by atoms with Crippen LogP contribution < -0.4 is 0 Å². The summed E-state index contributed by atoms with van der Waals surface area (Å²) < 4.78 is 35.9. The van der Waals surface area contributed by atoms with Crippen molar-refractivity contribution >= 4 is 0 Å². The third-order valence-corrected chi connectivity index (χ3v) is 1.04. The van der Waals surface area contributed by atoms with Gasteiger partial charge in [-0.05, 0) is 13.8 Å². The van der Waals surface area contributed by atoms with E-state index >= 15 is 0 Å². The molecule has 0 saturated heterocycles. The van der Waals surface area contributed by atoms with Gasteiger partial charge in [0.25, 0.3) is 5.92 Å². The van der Waals surface area contributed by atoms with Gasteiger partial charge >= 0.3 is 0 Å². The molecule has 0 nitrogen and oxygen atoms in total. The zero-order valence-electron chi connectivity index (χ0n) is 7.13. The lowest BCUT2D eigenvalue weighted by Gasteiger charge is -2.21. The number of alkyl halides is 3. The highest BCUT2D eigenvalue weighted by Gasteiger charge is 2.42. The molecule has 3 heteroatoms. The summed E-state index contributed by atoms with van der Waals surface area (Å²) >= 11 is 0. The molecule has 10 heavy (non-hydrogen) atoms. The highest BCUT2D eigenvalue weighted by molar-refractivity contribution is 4.80. The molecular formula is C7H15F3. The molecule has 0 bridgehead atoms. The second kappa shape index (κ2) is 3.84. The minimum atomic E-state index is -3.23. The van der Waals surface area contributed by atoms with Crippen molar-refractivity contribution in [3.8, 4) is 0 Å². The lowest BCUT2D eigenvalue weighted by atomic mass is 10.1. The molecule has 0 aliphatic rings. The molecule has 0 unspecified atom stereocenters. The van der Waals surface area contributed by atoms with Crippen LogP contribution in [0.2, 0.25) is 0 Å². The molecule has 0 aromatic rings. The molecular weight excluding hydrogens is 141 g/mol. The Morgan fingerprint density at radius 1 is 0.800 bits per heavy atom. The van der Waals surface area contributed by atoms with E-state index in [1.807, 2.05) is 13.8 Å². The van der Waals surface area contributed by atoms with Crippen LogP contribution in [0.4, 0.5) is 13.2 Å². The van der Waals surface area contributed by atoms with Gasteiger partial charge in [0.2, 0.25) is 0 Å². The Morgan fingerprint density at radius 2 is 0.900 bits per heavy atom. The van der Waals surface area contributed by atoms with Gasteiger partial charge in [0.05, 0.1) is 0 Å². The van der Waals surface area contributed by atoms with Gasteiger partial charge in [-0.1, -0.05) is 13.8 Å². The smallest absolute Gasteiger partial charge is 0.238 e. The van der Waals surface area contributed by atoms with E-state index in [1.54, 1.807) is 0 Å². The predicted octanol–water partition coefficient (Wildman–Crippen LogP) is 3.42. The SMILES string of the molecule is CC.CC(C)(F)C(C)(F)F. The van der Waals surface area contributed by atoms with Gasteiger partial charge in [-0.25, -0.2) is 13.2 Å². The summed E-state index contributed by atoms with van der Waals surface area (Å²) in [6.07, 6.45) is 0. The summed E-state index contributed by atoms with van der Waals surface area (Å²) in [5, 5.41) is 0. The third-order valence-electron chi connectivity index (χ3n) is 1.04. The Bertz CT molecular complexity index is 63.8. The van der Waals surface area contributed by atoms with Crippen molar-refractivity contribution in [2.24, 2.45) is 0 Å². The van der Waals surface area contributed by atoms with Crippen LogP contribution in [0.15, 0.2) is 0 Å². The molecule has 0 atom stereocenters. The summed E-state index contributed by atoms with van der Waals surface area (Å²) in [4.78, 5) is 0. The quantitative estimate of drug-likeness (QED) is 0.545. The summed E-state index contributed by atoms with van der Waals surface area (Å²) in [5.74, 6) is -3.23. The zero-order valence-corrected chi connectivity index (χ0v) is 7.13. The summed E-state index contributed by atoms with van der Waals surface area (Å²) in [6.45, 7) is 6.27. The normalized spacial score (nSPS) is 12.0. The van der Waals surface area contributed by atoms with Crippen LogP contribution in [-0.2, 0) is 0 Å².